The van der Waals surface area contributed by atoms with Crippen LogP contribution in [0.15, 0.2) is 38.8 Å². The van der Waals surface area contributed by atoms with E-state index in [1.807, 2.05) is 22.9 Å². The molecule has 0 bridgehead atoms. The van der Waals surface area contributed by atoms with Crippen molar-refractivity contribution in [2.45, 2.75) is 6.42 Å². The lowest BCUT2D eigenvalue weighted by atomic mass is 10.3. The molecule has 0 aliphatic carbocycles. The van der Waals surface area contributed by atoms with Crippen LogP contribution in [0.1, 0.15) is 26.6 Å². The van der Waals surface area contributed by atoms with Crippen molar-refractivity contribution in [2.24, 2.45) is 0 Å². The van der Waals surface area contributed by atoms with Crippen molar-refractivity contribution in [1.29, 1.82) is 0 Å². The quantitative estimate of drug-likeness (QED) is 0.523. The highest BCUT2D eigenvalue weighted by atomic mass is 79.9. The van der Waals surface area contributed by atoms with Crippen molar-refractivity contribution in [3.8, 4) is 9.88 Å². The van der Waals surface area contributed by atoms with Crippen molar-refractivity contribution in [2.75, 3.05) is 13.1 Å². The molecule has 25 heavy (non-hydrogen) atoms. The first-order chi connectivity index (χ1) is 12.1. The van der Waals surface area contributed by atoms with Gasteiger partial charge >= 0.3 is 0 Å². The molecule has 0 fully saturated rings. The van der Waals surface area contributed by atoms with Crippen LogP contribution in [0.4, 0.5) is 0 Å². The van der Waals surface area contributed by atoms with Gasteiger partial charge in [-0.2, -0.15) is 0 Å². The highest BCUT2D eigenvalue weighted by Gasteiger charge is 2.12. The number of carbonyl (C=O) groups is 2. The predicted molar refractivity (Wildman–Crippen MR) is 107 cm³/mol. The number of hydrogen-bond acceptors (Lipinski definition) is 6. The molecule has 0 unspecified atom stereocenters. The lowest BCUT2D eigenvalue weighted by molar-refractivity contribution is 0.0949. The Hall–Kier alpha value is -1.55. The summed E-state index contributed by atoms with van der Waals surface area (Å²) in [5, 5.41) is 12.1. The number of aromatic nitrogens is 1. The van der Waals surface area contributed by atoms with E-state index in [1.165, 1.54) is 22.7 Å². The second-order valence-corrected chi connectivity index (χ2v) is 8.64. The number of carbonyl (C=O) groups excluding carboxylic acids is 2. The van der Waals surface area contributed by atoms with Crippen LogP contribution >= 0.6 is 49.9 Å². The number of thiazole rings is 1. The van der Waals surface area contributed by atoms with E-state index >= 15 is 0 Å². The average molecular weight is 456 g/mol. The Morgan fingerprint density at radius 3 is 2.56 bits per heavy atom. The van der Waals surface area contributed by atoms with Crippen molar-refractivity contribution in [3.05, 3.63) is 49.4 Å². The van der Waals surface area contributed by atoms with E-state index in [-0.39, 0.29) is 11.8 Å². The summed E-state index contributed by atoms with van der Waals surface area (Å²) in [6.45, 7) is 1.00. The molecule has 9 heteroatoms. The van der Waals surface area contributed by atoms with E-state index in [0.29, 0.717) is 30.1 Å². The zero-order chi connectivity index (χ0) is 17.6. The SMILES string of the molecule is O=C(NCCCNC(=O)c1cccs1)c1csc(-c2cc(Br)cs2)n1. The highest BCUT2D eigenvalue weighted by Crippen LogP contribution is 2.31. The summed E-state index contributed by atoms with van der Waals surface area (Å²) in [5.41, 5.74) is 0.423. The van der Waals surface area contributed by atoms with Gasteiger partial charge in [0, 0.05) is 28.3 Å². The van der Waals surface area contributed by atoms with Crippen LogP contribution in [0.2, 0.25) is 0 Å². The number of hydrogen-bond donors (Lipinski definition) is 2. The molecule has 2 amide bonds. The zero-order valence-electron chi connectivity index (χ0n) is 13.0. The molecule has 0 saturated heterocycles. The lowest BCUT2D eigenvalue weighted by Crippen LogP contribution is -2.29. The second kappa shape index (κ2) is 8.70. The molecule has 3 aromatic rings. The summed E-state index contributed by atoms with van der Waals surface area (Å²) < 4.78 is 1.01. The van der Waals surface area contributed by atoms with E-state index in [2.05, 4.69) is 31.5 Å². The monoisotopic (exact) mass is 455 g/mol. The molecule has 0 aliphatic heterocycles. The molecule has 0 spiro atoms. The smallest absolute Gasteiger partial charge is 0.270 e. The van der Waals surface area contributed by atoms with Crippen LogP contribution in [0.3, 0.4) is 0 Å². The molecular weight excluding hydrogens is 442 g/mol. The third kappa shape index (κ3) is 4.97. The highest BCUT2D eigenvalue weighted by molar-refractivity contribution is 9.10. The predicted octanol–water partition coefficient (Wildman–Crippen LogP) is 4.25. The molecular formula is C16H14BrN3O2S3. The minimum Gasteiger partial charge on any atom is -0.351 e. The van der Waals surface area contributed by atoms with Crippen molar-refractivity contribution in [3.63, 3.8) is 0 Å². The summed E-state index contributed by atoms with van der Waals surface area (Å²) >= 11 is 7.86. The standard InChI is InChI=1S/C16H14BrN3O2S3/c17-10-7-13(24-8-10)16-20-11(9-25-16)14(21)18-4-2-5-19-15(22)12-3-1-6-23-12/h1,3,6-9H,2,4-5H2,(H,18,21)(H,19,22). The third-order valence-electron chi connectivity index (χ3n) is 3.18. The molecule has 0 atom stereocenters. The van der Waals surface area contributed by atoms with E-state index in [0.717, 1.165) is 14.4 Å². The molecule has 3 rings (SSSR count). The van der Waals surface area contributed by atoms with E-state index in [4.69, 9.17) is 0 Å². The Kier molecular flexibility index (Phi) is 6.35. The van der Waals surface area contributed by atoms with Gasteiger partial charge in [-0.1, -0.05) is 6.07 Å². The van der Waals surface area contributed by atoms with Crippen LogP contribution in [0.25, 0.3) is 9.88 Å². The number of rotatable bonds is 7. The van der Waals surface area contributed by atoms with Crippen LogP contribution in [-0.2, 0) is 0 Å². The van der Waals surface area contributed by atoms with Crippen LogP contribution in [-0.4, -0.2) is 29.9 Å². The Balaban J connectivity index is 1.41. The van der Waals surface area contributed by atoms with Crippen LogP contribution in [0, 0.1) is 0 Å². The van der Waals surface area contributed by atoms with Gasteiger partial charge in [-0.15, -0.1) is 34.0 Å². The van der Waals surface area contributed by atoms with Crippen molar-refractivity contribution >= 4 is 61.8 Å². The molecule has 0 aromatic carbocycles. The average Bonchev–Trinajstić information content (AvgIpc) is 3.34. The Labute approximate surface area is 165 Å². The molecule has 2 N–H and O–H groups in total. The third-order valence-corrected chi connectivity index (χ3v) is 6.76. The van der Waals surface area contributed by atoms with Gasteiger partial charge < -0.3 is 10.6 Å². The number of nitrogens with zero attached hydrogens (tertiary/aromatic N) is 1. The van der Waals surface area contributed by atoms with Gasteiger partial charge in [0.15, 0.2) is 0 Å². The van der Waals surface area contributed by atoms with Crippen LogP contribution < -0.4 is 10.6 Å². The number of nitrogens with one attached hydrogen (secondary N) is 2. The van der Waals surface area contributed by atoms with Gasteiger partial charge in [-0.3, -0.25) is 9.59 Å². The van der Waals surface area contributed by atoms with Crippen LogP contribution in [0.5, 0.6) is 0 Å². The topological polar surface area (TPSA) is 71.1 Å². The first-order valence-corrected chi connectivity index (χ1v) is 10.9. The zero-order valence-corrected chi connectivity index (χ0v) is 17.0. The number of halogens is 1. The molecule has 130 valence electrons. The number of amides is 2. The summed E-state index contributed by atoms with van der Waals surface area (Å²) in [4.78, 5) is 30.0. The van der Waals surface area contributed by atoms with Crippen molar-refractivity contribution < 1.29 is 9.59 Å². The summed E-state index contributed by atoms with van der Waals surface area (Å²) in [5.74, 6) is -0.268. The van der Waals surface area contributed by atoms with E-state index in [1.54, 1.807) is 22.8 Å². The van der Waals surface area contributed by atoms with Gasteiger partial charge in [-0.05, 0) is 39.9 Å². The Morgan fingerprint density at radius 2 is 1.88 bits per heavy atom. The fourth-order valence-electron chi connectivity index (χ4n) is 1.99. The maximum absolute atomic E-state index is 12.1. The summed E-state index contributed by atoms with van der Waals surface area (Å²) in [6, 6.07) is 5.62. The van der Waals surface area contributed by atoms with Gasteiger partial charge in [0.05, 0.1) is 9.75 Å². The largest absolute Gasteiger partial charge is 0.351 e. The Morgan fingerprint density at radius 1 is 1.08 bits per heavy atom. The summed E-state index contributed by atoms with van der Waals surface area (Å²) in [7, 11) is 0. The maximum Gasteiger partial charge on any atom is 0.270 e. The normalized spacial score (nSPS) is 10.6. The van der Waals surface area contributed by atoms with Crippen molar-refractivity contribution in [1.82, 2.24) is 15.6 Å². The summed E-state index contributed by atoms with van der Waals surface area (Å²) in [6.07, 6.45) is 0.664. The minimum absolute atomic E-state index is 0.0763. The maximum atomic E-state index is 12.1. The lowest BCUT2D eigenvalue weighted by Gasteiger charge is -2.05. The first-order valence-electron chi connectivity index (χ1n) is 7.43. The molecule has 0 saturated carbocycles. The molecule has 3 heterocycles. The second-order valence-electron chi connectivity index (χ2n) is 5.01. The fraction of sp³-hybridized carbons (Fsp3) is 0.188. The molecule has 5 nitrogen and oxygen atoms in total. The first kappa shape index (κ1) is 18.2. The van der Waals surface area contributed by atoms with E-state index < -0.39 is 0 Å². The minimum atomic E-state index is -0.192. The molecule has 0 aliphatic rings. The van der Waals surface area contributed by atoms with Gasteiger partial charge in [0.25, 0.3) is 11.8 Å². The molecule has 3 aromatic heterocycles. The van der Waals surface area contributed by atoms with Gasteiger partial charge in [-0.25, -0.2) is 4.98 Å². The van der Waals surface area contributed by atoms with E-state index in [9.17, 15) is 9.59 Å². The fourth-order valence-corrected chi connectivity index (χ4v) is 4.94. The van der Waals surface area contributed by atoms with Gasteiger partial charge in [0.1, 0.15) is 10.7 Å². The number of thiophene rings is 2. The Bertz CT molecular complexity index is 858. The molecule has 0 radical (unpaired) electrons. The van der Waals surface area contributed by atoms with Gasteiger partial charge in [0.2, 0.25) is 0 Å².